The van der Waals surface area contributed by atoms with Crippen molar-refractivity contribution in [3.05, 3.63) is 53.2 Å². The quantitative estimate of drug-likeness (QED) is 0.464. The predicted molar refractivity (Wildman–Crippen MR) is 108 cm³/mol. The van der Waals surface area contributed by atoms with E-state index in [1.807, 2.05) is 0 Å². The van der Waals surface area contributed by atoms with E-state index in [0.29, 0.717) is 16.4 Å². The topological polar surface area (TPSA) is 147 Å². The average Bonchev–Trinajstić information content (AvgIpc) is 3.31. The van der Waals surface area contributed by atoms with Crippen LogP contribution >= 0.6 is 11.3 Å². The van der Waals surface area contributed by atoms with Gasteiger partial charge in [0.05, 0.1) is 22.7 Å². The van der Waals surface area contributed by atoms with Crippen LogP contribution in [0.4, 0.5) is 10.8 Å². The number of amides is 2. The van der Waals surface area contributed by atoms with Crippen LogP contribution in [0.1, 0.15) is 27.8 Å². The Hall–Kier alpha value is -3.18. The summed E-state index contributed by atoms with van der Waals surface area (Å²) < 4.78 is 26.0. The van der Waals surface area contributed by atoms with E-state index in [1.165, 1.54) is 30.4 Å². The van der Waals surface area contributed by atoms with Gasteiger partial charge >= 0.3 is 0 Å². The number of nitrogens with two attached hydrogens (primary N) is 1. The van der Waals surface area contributed by atoms with Gasteiger partial charge in [0.15, 0.2) is 5.13 Å². The number of nitrogens with zero attached hydrogens (tertiary/aromatic N) is 1. The summed E-state index contributed by atoms with van der Waals surface area (Å²) in [6.07, 6.45) is 1.59. The standard InChI is InChI=1S/C17H17N5O4S2/c1-2-28(25,26)22-12-6-4-3-5-11(12)16(24)21-17-20-14(9-27-17)10-7-13(15(18)23)19-8-10/h3-9,19,22H,2H2,1H3,(H2,18,23)(H,20,21,24). The molecule has 1 aromatic carbocycles. The highest BCUT2D eigenvalue weighted by molar-refractivity contribution is 7.92. The molecule has 0 aliphatic rings. The molecular formula is C17H17N5O4S2. The van der Waals surface area contributed by atoms with Crippen LogP contribution in [-0.2, 0) is 10.0 Å². The van der Waals surface area contributed by atoms with Gasteiger partial charge in [0.1, 0.15) is 5.69 Å². The smallest absolute Gasteiger partial charge is 0.265 e. The van der Waals surface area contributed by atoms with Gasteiger partial charge in [-0.15, -0.1) is 11.3 Å². The molecule has 0 aliphatic carbocycles. The fraction of sp³-hybridized carbons (Fsp3) is 0.118. The zero-order chi connectivity index (χ0) is 20.3. The van der Waals surface area contributed by atoms with Crippen LogP contribution in [0.3, 0.4) is 0 Å². The summed E-state index contributed by atoms with van der Waals surface area (Å²) in [5.41, 5.74) is 7.05. The second-order valence-corrected chi connectivity index (χ2v) is 8.58. The van der Waals surface area contributed by atoms with Crippen molar-refractivity contribution >= 4 is 44.0 Å². The lowest BCUT2D eigenvalue weighted by Gasteiger charge is -2.10. The normalized spacial score (nSPS) is 11.2. The molecule has 9 nitrogen and oxygen atoms in total. The van der Waals surface area contributed by atoms with Gasteiger partial charge in [0.2, 0.25) is 10.0 Å². The number of sulfonamides is 1. The predicted octanol–water partition coefficient (Wildman–Crippen LogP) is 2.25. The maximum absolute atomic E-state index is 12.6. The van der Waals surface area contributed by atoms with Gasteiger partial charge in [-0.3, -0.25) is 19.6 Å². The van der Waals surface area contributed by atoms with Gasteiger partial charge < -0.3 is 10.7 Å². The highest BCUT2D eigenvalue weighted by Gasteiger charge is 2.17. The number of thiazole rings is 1. The number of nitrogens with one attached hydrogen (secondary N) is 3. The van der Waals surface area contributed by atoms with E-state index in [-0.39, 0.29) is 22.7 Å². The highest BCUT2D eigenvalue weighted by Crippen LogP contribution is 2.26. The van der Waals surface area contributed by atoms with Crippen molar-refractivity contribution in [2.24, 2.45) is 5.73 Å². The number of hydrogen-bond donors (Lipinski definition) is 4. The first-order chi connectivity index (χ1) is 13.3. The molecule has 0 saturated carbocycles. The molecule has 146 valence electrons. The monoisotopic (exact) mass is 419 g/mol. The van der Waals surface area contributed by atoms with Crippen LogP contribution in [0.25, 0.3) is 11.3 Å². The van der Waals surface area contributed by atoms with Crippen LogP contribution < -0.4 is 15.8 Å². The number of aromatic nitrogens is 2. The van der Waals surface area contributed by atoms with Crippen LogP contribution in [-0.4, -0.2) is 36.0 Å². The summed E-state index contributed by atoms with van der Waals surface area (Å²) in [7, 11) is -3.52. The van der Waals surface area contributed by atoms with E-state index in [1.54, 1.807) is 29.8 Å². The summed E-state index contributed by atoms with van der Waals surface area (Å²) in [6, 6.07) is 7.87. The fourth-order valence-electron chi connectivity index (χ4n) is 2.32. The van der Waals surface area contributed by atoms with Crippen molar-refractivity contribution < 1.29 is 18.0 Å². The molecule has 28 heavy (non-hydrogen) atoms. The van der Waals surface area contributed by atoms with Crippen molar-refractivity contribution in [2.75, 3.05) is 15.8 Å². The van der Waals surface area contributed by atoms with Crippen molar-refractivity contribution in [3.63, 3.8) is 0 Å². The first-order valence-corrected chi connectivity index (χ1v) is 10.7. The van der Waals surface area contributed by atoms with E-state index >= 15 is 0 Å². The number of H-pyrrole nitrogens is 1. The number of anilines is 2. The number of carbonyl (C=O) groups is 2. The lowest BCUT2D eigenvalue weighted by atomic mass is 10.2. The van der Waals surface area contributed by atoms with Gasteiger partial charge in [0, 0.05) is 17.1 Å². The molecule has 2 heterocycles. The van der Waals surface area contributed by atoms with Crippen LogP contribution in [0.15, 0.2) is 41.9 Å². The van der Waals surface area contributed by atoms with E-state index in [4.69, 9.17) is 5.73 Å². The summed E-state index contributed by atoms with van der Waals surface area (Å²) in [6.45, 7) is 1.51. The third-order valence-corrected chi connectivity index (χ3v) is 5.83. The number of benzene rings is 1. The maximum Gasteiger partial charge on any atom is 0.265 e. The van der Waals surface area contributed by atoms with Crippen molar-refractivity contribution in [1.29, 1.82) is 0 Å². The van der Waals surface area contributed by atoms with Gasteiger partial charge in [-0.05, 0) is 25.1 Å². The van der Waals surface area contributed by atoms with E-state index in [0.717, 1.165) is 0 Å². The third-order valence-electron chi connectivity index (χ3n) is 3.79. The molecule has 5 N–H and O–H groups in total. The fourth-order valence-corrected chi connectivity index (χ4v) is 3.69. The Kier molecular flexibility index (Phi) is 5.47. The summed E-state index contributed by atoms with van der Waals surface area (Å²) in [5, 5.41) is 4.70. The maximum atomic E-state index is 12.6. The van der Waals surface area contributed by atoms with Crippen molar-refractivity contribution in [1.82, 2.24) is 9.97 Å². The Balaban J connectivity index is 1.79. The molecule has 3 aromatic rings. The van der Waals surface area contributed by atoms with Crippen LogP contribution in [0.2, 0.25) is 0 Å². The minimum absolute atomic E-state index is 0.108. The average molecular weight is 419 g/mol. The first kappa shape index (κ1) is 19.6. The number of aromatic amines is 1. The molecule has 2 amide bonds. The highest BCUT2D eigenvalue weighted by atomic mass is 32.2. The Labute approximate surface area is 165 Å². The summed E-state index contributed by atoms with van der Waals surface area (Å²) >= 11 is 1.20. The molecule has 0 aliphatic heterocycles. The molecule has 11 heteroatoms. The number of hydrogen-bond acceptors (Lipinski definition) is 6. The van der Waals surface area contributed by atoms with Crippen LogP contribution in [0, 0.1) is 0 Å². The summed E-state index contributed by atoms with van der Waals surface area (Å²) in [4.78, 5) is 30.8. The lowest BCUT2D eigenvalue weighted by molar-refractivity contribution is 0.0994. The first-order valence-electron chi connectivity index (χ1n) is 8.14. The third kappa shape index (κ3) is 4.38. The molecule has 0 unspecified atom stereocenters. The zero-order valence-corrected chi connectivity index (χ0v) is 16.4. The minimum Gasteiger partial charge on any atom is -0.364 e. The Morgan fingerprint density at radius 2 is 2.04 bits per heavy atom. The SMILES string of the molecule is CCS(=O)(=O)Nc1ccccc1C(=O)Nc1nc(-c2c[nH]c(C(N)=O)c2)cs1. The van der Waals surface area contributed by atoms with E-state index in [2.05, 4.69) is 20.0 Å². The molecule has 2 aromatic heterocycles. The molecule has 0 atom stereocenters. The Morgan fingerprint density at radius 3 is 2.71 bits per heavy atom. The van der Waals surface area contributed by atoms with E-state index in [9.17, 15) is 18.0 Å². The van der Waals surface area contributed by atoms with E-state index < -0.39 is 21.8 Å². The van der Waals surface area contributed by atoms with Gasteiger partial charge in [0.25, 0.3) is 11.8 Å². The second-order valence-electron chi connectivity index (χ2n) is 5.71. The molecule has 0 saturated heterocycles. The van der Waals surface area contributed by atoms with Crippen molar-refractivity contribution in [3.8, 4) is 11.3 Å². The van der Waals surface area contributed by atoms with Gasteiger partial charge in [-0.25, -0.2) is 13.4 Å². The molecular weight excluding hydrogens is 402 g/mol. The Bertz CT molecular complexity index is 1130. The molecule has 0 radical (unpaired) electrons. The molecule has 0 bridgehead atoms. The zero-order valence-electron chi connectivity index (χ0n) is 14.7. The molecule has 0 fully saturated rings. The second kappa shape index (κ2) is 7.82. The summed E-state index contributed by atoms with van der Waals surface area (Å²) in [5.74, 6) is -1.19. The Morgan fingerprint density at radius 1 is 1.29 bits per heavy atom. The number of para-hydroxylation sites is 1. The lowest BCUT2D eigenvalue weighted by Crippen LogP contribution is -2.19. The number of carbonyl (C=O) groups excluding carboxylic acids is 2. The van der Waals surface area contributed by atoms with Gasteiger partial charge in [-0.1, -0.05) is 12.1 Å². The molecule has 0 spiro atoms. The van der Waals surface area contributed by atoms with Crippen LogP contribution in [0.5, 0.6) is 0 Å². The molecule has 3 rings (SSSR count). The van der Waals surface area contributed by atoms with Gasteiger partial charge in [-0.2, -0.15) is 0 Å². The number of primary amides is 1. The van der Waals surface area contributed by atoms with Crippen molar-refractivity contribution in [2.45, 2.75) is 6.92 Å². The minimum atomic E-state index is -3.52. The number of rotatable bonds is 7. The largest absolute Gasteiger partial charge is 0.364 e.